The van der Waals surface area contributed by atoms with Crippen molar-refractivity contribution >= 4 is 34.5 Å². The first-order chi connectivity index (χ1) is 11.5. The molecule has 0 bridgehead atoms. The van der Waals surface area contributed by atoms with E-state index in [0.717, 1.165) is 31.1 Å². The lowest BCUT2D eigenvalue weighted by atomic mass is 9.98. The summed E-state index contributed by atoms with van der Waals surface area (Å²) in [6.45, 7) is 5.57. The maximum Gasteiger partial charge on any atom is 0.228 e. The van der Waals surface area contributed by atoms with Crippen LogP contribution < -0.4 is 10.6 Å². The van der Waals surface area contributed by atoms with Crippen LogP contribution in [0.5, 0.6) is 0 Å². The third kappa shape index (κ3) is 4.75. The molecule has 0 saturated heterocycles. The van der Waals surface area contributed by atoms with Gasteiger partial charge in [0.25, 0.3) is 0 Å². The van der Waals surface area contributed by atoms with E-state index in [2.05, 4.69) is 27.5 Å². The second-order valence-corrected chi connectivity index (χ2v) is 5.86. The van der Waals surface area contributed by atoms with Crippen molar-refractivity contribution in [3.8, 4) is 0 Å². The van der Waals surface area contributed by atoms with Gasteiger partial charge >= 0.3 is 0 Å². The maximum atomic E-state index is 12.4. The van der Waals surface area contributed by atoms with Gasteiger partial charge in [-0.3, -0.25) is 9.59 Å². The summed E-state index contributed by atoms with van der Waals surface area (Å²) >= 11 is 0. The fourth-order valence-electron chi connectivity index (χ4n) is 2.52. The van der Waals surface area contributed by atoms with Gasteiger partial charge in [0.15, 0.2) is 5.65 Å². The second kappa shape index (κ2) is 8.38. The number of nitrogens with zero attached hydrogens (tertiary/aromatic N) is 2. The van der Waals surface area contributed by atoms with Crippen molar-refractivity contribution in [2.24, 2.45) is 5.92 Å². The molecule has 2 aromatic rings. The van der Waals surface area contributed by atoms with Gasteiger partial charge in [-0.25, -0.2) is 9.97 Å². The third-order valence-electron chi connectivity index (χ3n) is 3.88. The molecule has 0 spiro atoms. The zero-order chi connectivity index (χ0) is 17.5. The van der Waals surface area contributed by atoms with Gasteiger partial charge in [-0.1, -0.05) is 26.7 Å². The monoisotopic (exact) mass is 328 g/mol. The van der Waals surface area contributed by atoms with Crippen LogP contribution in [0, 0.1) is 5.92 Å². The number of unbranched alkanes of at least 4 members (excludes halogenated alkanes) is 1. The quantitative estimate of drug-likeness (QED) is 0.811. The molecule has 0 aliphatic carbocycles. The highest BCUT2D eigenvalue weighted by molar-refractivity contribution is 5.93. The van der Waals surface area contributed by atoms with Gasteiger partial charge in [-0.2, -0.15) is 0 Å². The molecule has 0 radical (unpaired) electrons. The third-order valence-corrected chi connectivity index (χ3v) is 3.88. The lowest BCUT2D eigenvalue weighted by molar-refractivity contribution is -0.120. The Morgan fingerprint density at radius 2 is 1.67 bits per heavy atom. The van der Waals surface area contributed by atoms with E-state index in [1.807, 2.05) is 19.1 Å². The first-order valence-electron chi connectivity index (χ1n) is 8.39. The molecule has 2 aromatic heterocycles. The van der Waals surface area contributed by atoms with Gasteiger partial charge in [-0.15, -0.1) is 0 Å². The first kappa shape index (κ1) is 17.8. The summed E-state index contributed by atoms with van der Waals surface area (Å²) in [7, 11) is 0. The minimum Gasteiger partial charge on any atom is -0.311 e. The number of carbonyl (C=O) groups is 2. The summed E-state index contributed by atoms with van der Waals surface area (Å²) in [5, 5.41) is 6.35. The fourth-order valence-corrected chi connectivity index (χ4v) is 2.52. The van der Waals surface area contributed by atoms with Crippen LogP contribution in [-0.4, -0.2) is 21.8 Å². The van der Waals surface area contributed by atoms with Crippen LogP contribution in [0.25, 0.3) is 11.0 Å². The van der Waals surface area contributed by atoms with Gasteiger partial charge in [-0.05, 0) is 37.1 Å². The molecule has 6 nitrogen and oxygen atoms in total. The summed E-state index contributed by atoms with van der Waals surface area (Å²) in [5.41, 5.74) is 0.487. The van der Waals surface area contributed by atoms with E-state index in [4.69, 9.17) is 0 Å². The number of fused-ring (bicyclic) bond motifs is 1. The number of hydrogen-bond acceptors (Lipinski definition) is 4. The molecule has 0 aliphatic rings. The normalized spacial score (nSPS) is 12.0. The molecule has 2 amide bonds. The average molecular weight is 328 g/mol. The number of amides is 2. The lowest BCUT2D eigenvalue weighted by Crippen LogP contribution is -2.22. The predicted molar refractivity (Wildman–Crippen MR) is 95.8 cm³/mol. The van der Waals surface area contributed by atoms with Crippen LogP contribution in [0.1, 0.15) is 46.5 Å². The molecule has 0 saturated carbocycles. The number of rotatable bonds is 7. The average Bonchev–Trinajstić information content (AvgIpc) is 2.54. The number of hydrogen-bond donors (Lipinski definition) is 2. The predicted octanol–water partition coefficient (Wildman–Crippen LogP) is 3.74. The van der Waals surface area contributed by atoms with Crippen LogP contribution in [0.3, 0.4) is 0 Å². The number of pyridine rings is 2. The lowest BCUT2D eigenvalue weighted by Gasteiger charge is -2.14. The molecule has 2 heterocycles. The number of anilines is 2. The smallest absolute Gasteiger partial charge is 0.228 e. The molecule has 1 unspecified atom stereocenters. The van der Waals surface area contributed by atoms with E-state index >= 15 is 0 Å². The van der Waals surface area contributed by atoms with E-state index in [1.54, 1.807) is 12.1 Å². The molecular formula is C18H24N4O2. The highest BCUT2D eigenvalue weighted by Crippen LogP contribution is 2.18. The summed E-state index contributed by atoms with van der Waals surface area (Å²) in [6, 6.07) is 7.19. The molecular weight excluding hydrogens is 304 g/mol. The van der Waals surface area contributed by atoms with E-state index in [-0.39, 0.29) is 17.7 Å². The van der Waals surface area contributed by atoms with E-state index in [1.165, 1.54) is 6.92 Å². The minimum absolute atomic E-state index is 0.00104. The summed E-state index contributed by atoms with van der Waals surface area (Å²) in [5.74, 6) is 0.736. The highest BCUT2D eigenvalue weighted by Gasteiger charge is 2.16. The zero-order valence-corrected chi connectivity index (χ0v) is 14.4. The van der Waals surface area contributed by atoms with Crippen molar-refractivity contribution in [1.82, 2.24) is 9.97 Å². The van der Waals surface area contributed by atoms with Gasteiger partial charge < -0.3 is 10.6 Å². The van der Waals surface area contributed by atoms with Crippen molar-refractivity contribution < 1.29 is 9.59 Å². The molecule has 0 fully saturated rings. The van der Waals surface area contributed by atoms with Crippen molar-refractivity contribution in [3.05, 3.63) is 24.3 Å². The van der Waals surface area contributed by atoms with Crippen LogP contribution in [0.4, 0.5) is 11.6 Å². The van der Waals surface area contributed by atoms with Gasteiger partial charge in [0.2, 0.25) is 11.8 Å². The van der Waals surface area contributed by atoms with E-state index < -0.39 is 0 Å². The van der Waals surface area contributed by atoms with Crippen molar-refractivity contribution in [2.75, 3.05) is 10.6 Å². The van der Waals surface area contributed by atoms with Crippen LogP contribution in [0.2, 0.25) is 0 Å². The molecule has 0 aliphatic heterocycles. The SMILES string of the molecule is CCCCC(CC)C(=O)Nc1ccc2ccc(NC(C)=O)nc2n1. The molecule has 6 heteroatoms. The maximum absolute atomic E-state index is 12.4. The molecule has 24 heavy (non-hydrogen) atoms. The Morgan fingerprint density at radius 3 is 2.21 bits per heavy atom. The summed E-state index contributed by atoms with van der Waals surface area (Å²) in [6.07, 6.45) is 3.81. The highest BCUT2D eigenvalue weighted by atomic mass is 16.2. The summed E-state index contributed by atoms with van der Waals surface area (Å²) < 4.78 is 0. The largest absolute Gasteiger partial charge is 0.311 e. The molecule has 2 rings (SSSR count). The minimum atomic E-state index is -0.187. The summed E-state index contributed by atoms with van der Waals surface area (Å²) in [4.78, 5) is 32.2. The van der Waals surface area contributed by atoms with Crippen molar-refractivity contribution in [3.63, 3.8) is 0 Å². The second-order valence-electron chi connectivity index (χ2n) is 5.86. The Morgan fingerprint density at radius 1 is 1.04 bits per heavy atom. The number of nitrogens with one attached hydrogen (secondary N) is 2. The standard InChI is InChI=1S/C18H24N4O2/c1-4-6-7-13(5-2)18(24)22-16-11-9-14-8-10-15(19-12(3)23)20-17(14)21-16/h8-11,13H,4-7H2,1-3H3,(H2,19,20,21,22,23,24). The molecule has 0 aromatic carbocycles. The van der Waals surface area contributed by atoms with Gasteiger partial charge in [0, 0.05) is 18.2 Å². The molecule has 2 N–H and O–H groups in total. The van der Waals surface area contributed by atoms with Crippen molar-refractivity contribution in [1.29, 1.82) is 0 Å². The Labute approximate surface area is 142 Å². The zero-order valence-electron chi connectivity index (χ0n) is 14.4. The number of carbonyl (C=O) groups excluding carboxylic acids is 2. The van der Waals surface area contributed by atoms with E-state index in [0.29, 0.717) is 17.3 Å². The fraction of sp³-hybridized carbons (Fsp3) is 0.444. The van der Waals surface area contributed by atoms with Crippen LogP contribution in [0.15, 0.2) is 24.3 Å². The Balaban J connectivity index is 2.16. The van der Waals surface area contributed by atoms with Gasteiger partial charge in [0.1, 0.15) is 11.6 Å². The molecule has 1 atom stereocenters. The van der Waals surface area contributed by atoms with Crippen molar-refractivity contribution in [2.45, 2.75) is 46.5 Å². The first-order valence-corrected chi connectivity index (χ1v) is 8.39. The van der Waals surface area contributed by atoms with Gasteiger partial charge in [0.05, 0.1) is 0 Å². The Bertz CT molecular complexity index is 730. The van der Waals surface area contributed by atoms with Crippen LogP contribution in [-0.2, 0) is 9.59 Å². The Hall–Kier alpha value is -2.50. The number of aromatic nitrogens is 2. The Kier molecular flexibility index (Phi) is 6.23. The van der Waals surface area contributed by atoms with Crippen LogP contribution >= 0.6 is 0 Å². The molecule has 128 valence electrons. The van der Waals surface area contributed by atoms with E-state index in [9.17, 15) is 9.59 Å². The topological polar surface area (TPSA) is 84.0 Å².